The summed E-state index contributed by atoms with van der Waals surface area (Å²) in [6, 6.07) is 12.9. The second-order valence-electron chi connectivity index (χ2n) is 6.07. The molecule has 7 nitrogen and oxygen atoms in total. The Labute approximate surface area is 166 Å². The molecular weight excluding hydrogens is 396 g/mol. The molecule has 0 amide bonds. The highest BCUT2D eigenvalue weighted by Crippen LogP contribution is 2.33. The Hall–Kier alpha value is -2.91. The van der Waals surface area contributed by atoms with Gasteiger partial charge in [0.15, 0.2) is 0 Å². The molecule has 2 aromatic carbocycles. The molecular formula is C19H18N4O3S2. The van der Waals surface area contributed by atoms with Crippen LogP contribution < -0.4 is 9.46 Å². The number of sulfonamides is 1. The fourth-order valence-electron chi connectivity index (χ4n) is 2.71. The molecule has 1 N–H and O–H groups in total. The Balaban J connectivity index is 1.57. The first-order valence-corrected chi connectivity index (χ1v) is 10.9. The first-order valence-electron chi connectivity index (χ1n) is 8.59. The van der Waals surface area contributed by atoms with Crippen molar-refractivity contribution in [3.05, 3.63) is 54.9 Å². The predicted octanol–water partition coefficient (Wildman–Crippen LogP) is 3.99. The number of nitrogens with zero attached hydrogens (tertiary/aromatic N) is 3. The molecule has 0 saturated carbocycles. The van der Waals surface area contributed by atoms with Crippen LogP contribution in [0.4, 0.5) is 5.69 Å². The smallest absolute Gasteiger partial charge is 0.265 e. The monoisotopic (exact) mass is 414 g/mol. The zero-order chi connectivity index (χ0) is 19.7. The van der Waals surface area contributed by atoms with E-state index < -0.39 is 10.0 Å². The van der Waals surface area contributed by atoms with Crippen LogP contribution in [0.2, 0.25) is 0 Å². The summed E-state index contributed by atoms with van der Waals surface area (Å²) >= 11 is 1.56. The van der Waals surface area contributed by atoms with Crippen LogP contribution in [0, 0.1) is 0 Å². The third kappa shape index (κ3) is 3.58. The number of aryl methyl sites for hydroxylation is 1. The van der Waals surface area contributed by atoms with Gasteiger partial charge in [0.25, 0.3) is 10.0 Å². The van der Waals surface area contributed by atoms with Crippen molar-refractivity contribution in [2.24, 2.45) is 0 Å². The SMILES string of the molecule is CCn1cc(S(=O)(=O)Nc2ccc(-c3nc4ccc(OC)cc4s3)cc2)cn1. The lowest BCUT2D eigenvalue weighted by molar-refractivity contribution is 0.415. The molecule has 0 unspecified atom stereocenters. The number of hydrogen-bond acceptors (Lipinski definition) is 6. The largest absolute Gasteiger partial charge is 0.497 e. The Morgan fingerprint density at radius 1 is 1.18 bits per heavy atom. The first-order chi connectivity index (χ1) is 13.5. The third-order valence-corrected chi connectivity index (χ3v) is 6.63. The molecule has 4 aromatic rings. The molecule has 0 aliphatic carbocycles. The highest BCUT2D eigenvalue weighted by atomic mass is 32.2. The molecule has 0 radical (unpaired) electrons. The van der Waals surface area contributed by atoms with Crippen LogP contribution in [0.25, 0.3) is 20.8 Å². The van der Waals surface area contributed by atoms with Crippen molar-refractivity contribution in [1.82, 2.24) is 14.8 Å². The number of nitrogens with one attached hydrogen (secondary N) is 1. The van der Waals surface area contributed by atoms with Gasteiger partial charge in [-0.05, 0) is 49.4 Å². The van der Waals surface area contributed by atoms with Crippen molar-refractivity contribution in [3.8, 4) is 16.3 Å². The van der Waals surface area contributed by atoms with Crippen molar-refractivity contribution in [3.63, 3.8) is 0 Å². The average Bonchev–Trinajstić information content (AvgIpc) is 3.35. The van der Waals surface area contributed by atoms with Crippen LogP contribution >= 0.6 is 11.3 Å². The van der Waals surface area contributed by atoms with Gasteiger partial charge in [-0.1, -0.05) is 0 Å². The topological polar surface area (TPSA) is 86.1 Å². The lowest BCUT2D eigenvalue weighted by Crippen LogP contribution is -2.12. The first kappa shape index (κ1) is 18.5. The molecule has 0 atom stereocenters. The molecule has 0 aliphatic rings. The second kappa shape index (κ2) is 7.25. The van der Waals surface area contributed by atoms with Crippen LogP contribution in [0.3, 0.4) is 0 Å². The van der Waals surface area contributed by atoms with Crippen molar-refractivity contribution >= 4 is 37.3 Å². The summed E-state index contributed by atoms with van der Waals surface area (Å²) in [5.41, 5.74) is 2.30. The van der Waals surface area contributed by atoms with Crippen LogP contribution in [0.1, 0.15) is 6.92 Å². The normalized spacial score (nSPS) is 11.6. The molecule has 0 spiro atoms. The number of anilines is 1. The van der Waals surface area contributed by atoms with Crippen molar-refractivity contribution < 1.29 is 13.2 Å². The third-order valence-electron chi connectivity index (χ3n) is 4.22. The molecule has 28 heavy (non-hydrogen) atoms. The summed E-state index contributed by atoms with van der Waals surface area (Å²) in [5, 5.41) is 4.87. The van der Waals surface area contributed by atoms with Gasteiger partial charge >= 0.3 is 0 Å². The van der Waals surface area contributed by atoms with Crippen molar-refractivity contribution in [2.45, 2.75) is 18.4 Å². The fraction of sp³-hybridized carbons (Fsp3) is 0.158. The summed E-state index contributed by atoms with van der Waals surface area (Å²) in [5.74, 6) is 0.791. The van der Waals surface area contributed by atoms with Crippen LogP contribution in [-0.4, -0.2) is 30.3 Å². The van der Waals surface area contributed by atoms with Crippen LogP contribution in [0.5, 0.6) is 5.75 Å². The van der Waals surface area contributed by atoms with E-state index >= 15 is 0 Å². The Morgan fingerprint density at radius 3 is 2.64 bits per heavy atom. The highest BCUT2D eigenvalue weighted by molar-refractivity contribution is 7.92. The summed E-state index contributed by atoms with van der Waals surface area (Å²) in [6.07, 6.45) is 2.85. The van der Waals surface area contributed by atoms with E-state index in [-0.39, 0.29) is 4.90 Å². The zero-order valence-electron chi connectivity index (χ0n) is 15.3. The minimum absolute atomic E-state index is 0.138. The minimum atomic E-state index is -3.67. The van der Waals surface area contributed by atoms with Gasteiger partial charge in [-0.25, -0.2) is 13.4 Å². The molecule has 0 bridgehead atoms. The quantitative estimate of drug-likeness (QED) is 0.516. The molecule has 144 valence electrons. The second-order valence-corrected chi connectivity index (χ2v) is 8.78. The maximum absolute atomic E-state index is 12.5. The summed E-state index contributed by atoms with van der Waals surface area (Å²) in [6.45, 7) is 2.51. The summed E-state index contributed by atoms with van der Waals surface area (Å²) in [7, 11) is -2.03. The summed E-state index contributed by atoms with van der Waals surface area (Å²) < 4.78 is 35.4. The van der Waals surface area contributed by atoms with E-state index in [0.717, 1.165) is 26.5 Å². The average molecular weight is 415 g/mol. The van der Waals surface area contributed by atoms with E-state index in [2.05, 4.69) is 14.8 Å². The molecule has 2 aromatic heterocycles. The molecule has 4 rings (SSSR count). The number of benzene rings is 2. The minimum Gasteiger partial charge on any atom is -0.497 e. The Bertz CT molecular complexity index is 1230. The maximum atomic E-state index is 12.5. The van der Waals surface area contributed by atoms with Gasteiger partial charge in [0.1, 0.15) is 15.7 Å². The van der Waals surface area contributed by atoms with Gasteiger partial charge in [-0.15, -0.1) is 11.3 Å². The number of aromatic nitrogens is 3. The van der Waals surface area contributed by atoms with Crippen molar-refractivity contribution in [1.29, 1.82) is 0 Å². The molecule has 0 fully saturated rings. The van der Waals surface area contributed by atoms with E-state index in [4.69, 9.17) is 4.74 Å². The molecule has 0 aliphatic heterocycles. The molecule has 2 heterocycles. The number of hydrogen-bond donors (Lipinski definition) is 1. The van der Waals surface area contributed by atoms with Crippen LogP contribution in [0.15, 0.2) is 59.8 Å². The number of methoxy groups -OCH3 is 1. The van der Waals surface area contributed by atoms with E-state index in [1.165, 1.54) is 12.4 Å². The van der Waals surface area contributed by atoms with Gasteiger partial charge in [0, 0.05) is 24.0 Å². The van der Waals surface area contributed by atoms with E-state index in [1.807, 2.05) is 37.3 Å². The van der Waals surface area contributed by atoms with E-state index in [0.29, 0.717) is 12.2 Å². The Morgan fingerprint density at radius 2 is 1.96 bits per heavy atom. The van der Waals surface area contributed by atoms with Gasteiger partial charge in [-0.2, -0.15) is 5.10 Å². The standard InChI is InChI=1S/C19H18N4O3S2/c1-3-23-12-16(11-20-23)28(24,25)22-14-6-4-13(5-7-14)19-21-17-9-8-15(26-2)10-18(17)27-19/h4-12,22H,3H2,1-2H3. The van der Waals surface area contributed by atoms with Crippen LogP contribution in [-0.2, 0) is 16.6 Å². The highest BCUT2D eigenvalue weighted by Gasteiger charge is 2.16. The van der Waals surface area contributed by atoms with Gasteiger partial charge in [0.2, 0.25) is 0 Å². The number of rotatable bonds is 6. The summed E-state index contributed by atoms with van der Waals surface area (Å²) in [4.78, 5) is 4.77. The lowest BCUT2D eigenvalue weighted by Gasteiger charge is -2.06. The number of thiazole rings is 1. The Kier molecular flexibility index (Phi) is 4.78. The molecule has 0 saturated heterocycles. The maximum Gasteiger partial charge on any atom is 0.265 e. The van der Waals surface area contributed by atoms with Crippen molar-refractivity contribution in [2.75, 3.05) is 11.8 Å². The number of fused-ring (bicyclic) bond motifs is 1. The predicted molar refractivity (Wildman–Crippen MR) is 110 cm³/mol. The van der Waals surface area contributed by atoms with E-state index in [1.54, 1.807) is 35.3 Å². The lowest BCUT2D eigenvalue weighted by atomic mass is 10.2. The zero-order valence-corrected chi connectivity index (χ0v) is 16.9. The molecule has 9 heteroatoms. The van der Waals surface area contributed by atoms with E-state index in [9.17, 15) is 8.42 Å². The van der Waals surface area contributed by atoms with Gasteiger partial charge < -0.3 is 4.74 Å². The van der Waals surface area contributed by atoms with Gasteiger partial charge in [-0.3, -0.25) is 9.40 Å². The fourth-order valence-corrected chi connectivity index (χ4v) is 4.72. The number of ether oxygens (including phenoxy) is 1. The van der Waals surface area contributed by atoms with Gasteiger partial charge in [0.05, 0.1) is 23.5 Å².